The molecule has 0 radical (unpaired) electrons. The summed E-state index contributed by atoms with van der Waals surface area (Å²) in [6.45, 7) is 3.76. The third-order valence-corrected chi connectivity index (χ3v) is 6.43. The first-order chi connectivity index (χ1) is 16.4. The third kappa shape index (κ3) is 4.16. The number of carbonyl (C=O) groups is 1. The Bertz CT molecular complexity index is 1330. The highest BCUT2D eigenvalue weighted by molar-refractivity contribution is 6.31. The van der Waals surface area contributed by atoms with Gasteiger partial charge >= 0.3 is 0 Å². The summed E-state index contributed by atoms with van der Waals surface area (Å²) in [7, 11) is 0. The first kappa shape index (κ1) is 22.1. The van der Waals surface area contributed by atoms with E-state index >= 15 is 0 Å². The van der Waals surface area contributed by atoms with Crippen LogP contribution in [0.2, 0.25) is 5.02 Å². The van der Waals surface area contributed by atoms with Crippen LogP contribution in [-0.4, -0.2) is 28.9 Å². The standard InChI is InChI=1S/C26H21ClN2O5/c1-16-25-19(14-28(15-33-25)11-10-18-4-2-3-5-22(18)27)13-21-24(30)23(34-26(16)21)12-17-6-8-20(9-7-17)29(31)32/h2-9,12-13H,10-11,14-15H2,1H3/b23-12-. The predicted molar refractivity (Wildman–Crippen MR) is 128 cm³/mol. The number of halogens is 1. The van der Waals surface area contributed by atoms with Crippen LogP contribution in [0.5, 0.6) is 11.5 Å². The SMILES string of the molecule is Cc1c2c(cc3c1O/C(=C\c1ccc([N+](=O)[O-])cc1)C3=O)CN(CCc1ccccc1Cl)CO2. The normalized spacial score (nSPS) is 16.1. The molecule has 172 valence electrons. The summed E-state index contributed by atoms with van der Waals surface area (Å²) in [6, 6.07) is 15.6. The molecule has 0 saturated carbocycles. The highest BCUT2D eigenvalue weighted by Gasteiger charge is 2.33. The lowest BCUT2D eigenvalue weighted by atomic mass is 10.00. The van der Waals surface area contributed by atoms with Gasteiger partial charge in [0.1, 0.15) is 18.2 Å². The zero-order chi connectivity index (χ0) is 23.8. The molecule has 34 heavy (non-hydrogen) atoms. The van der Waals surface area contributed by atoms with E-state index in [0.717, 1.165) is 40.4 Å². The van der Waals surface area contributed by atoms with E-state index in [2.05, 4.69) is 4.90 Å². The molecule has 2 heterocycles. The summed E-state index contributed by atoms with van der Waals surface area (Å²) in [5.74, 6) is 1.22. The molecule has 7 nitrogen and oxygen atoms in total. The Morgan fingerprint density at radius 1 is 1.15 bits per heavy atom. The van der Waals surface area contributed by atoms with Crippen LogP contribution < -0.4 is 9.47 Å². The van der Waals surface area contributed by atoms with Crippen molar-refractivity contribution in [2.24, 2.45) is 0 Å². The minimum absolute atomic E-state index is 0.0103. The van der Waals surface area contributed by atoms with Crippen molar-refractivity contribution in [1.29, 1.82) is 0 Å². The van der Waals surface area contributed by atoms with Gasteiger partial charge in [0, 0.05) is 41.4 Å². The summed E-state index contributed by atoms with van der Waals surface area (Å²) in [6.07, 6.45) is 2.40. The first-order valence-electron chi connectivity index (χ1n) is 10.8. The lowest BCUT2D eigenvalue weighted by molar-refractivity contribution is -0.384. The Balaban J connectivity index is 1.35. The van der Waals surface area contributed by atoms with E-state index in [9.17, 15) is 14.9 Å². The highest BCUT2D eigenvalue weighted by Crippen LogP contribution is 2.43. The smallest absolute Gasteiger partial charge is 0.269 e. The van der Waals surface area contributed by atoms with Crippen LogP contribution in [0.25, 0.3) is 6.08 Å². The molecule has 8 heteroatoms. The zero-order valence-electron chi connectivity index (χ0n) is 18.4. The van der Waals surface area contributed by atoms with Gasteiger partial charge < -0.3 is 9.47 Å². The van der Waals surface area contributed by atoms with Crippen LogP contribution >= 0.6 is 11.6 Å². The van der Waals surface area contributed by atoms with E-state index in [4.69, 9.17) is 21.1 Å². The summed E-state index contributed by atoms with van der Waals surface area (Å²) in [5.41, 5.74) is 3.95. The number of ketones is 1. The van der Waals surface area contributed by atoms with Crippen LogP contribution in [-0.2, 0) is 13.0 Å². The molecule has 2 aliphatic rings. The number of Topliss-reactive ketones (excluding diaryl/α,β-unsaturated/α-hetero) is 1. The fourth-order valence-electron chi connectivity index (χ4n) is 4.26. The van der Waals surface area contributed by atoms with Crippen LogP contribution in [0.15, 0.2) is 60.4 Å². The average molecular weight is 477 g/mol. The quantitative estimate of drug-likeness (QED) is 0.272. The lowest BCUT2D eigenvalue weighted by Gasteiger charge is -2.30. The van der Waals surface area contributed by atoms with Gasteiger partial charge in [-0.1, -0.05) is 29.8 Å². The number of rotatable bonds is 5. The van der Waals surface area contributed by atoms with Gasteiger partial charge in [-0.25, -0.2) is 0 Å². The maximum atomic E-state index is 13.1. The van der Waals surface area contributed by atoms with Crippen molar-refractivity contribution in [2.75, 3.05) is 13.3 Å². The number of hydrogen-bond donors (Lipinski definition) is 0. The number of carbonyl (C=O) groups excluding carboxylic acids is 1. The van der Waals surface area contributed by atoms with E-state index in [0.29, 0.717) is 30.2 Å². The number of allylic oxidation sites excluding steroid dienone is 1. The van der Waals surface area contributed by atoms with Gasteiger partial charge in [0.25, 0.3) is 5.69 Å². The second-order valence-electron chi connectivity index (χ2n) is 8.32. The van der Waals surface area contributed by atoms with Crippen molar-refractivity contribution in [3.8, 4) is 11.5 Å². The molecular formula is C26H21ClN2O5. The Labute approximate surface area is 201 Å². The largest absolute Gasteiger partial charge is 0.477 e. The zero-order valence-corrected chi connectivity index (χ0v) is 19.2. The Hall–Kier alpha value is -3.68. The summed E-state index contributed by atoms with van der Waals surface area (Å²) in [4.78, 5) is 25.6. The molecule has 2 aliphatic heterocycles. The molecule has 0 saturated heterocycles. The van der Waals surface area contributed by atoms with E-state index < -0.39 is 4.92 Å². The minimum Gasteiger partial charge on any atom is -0.477 e. The van der Waals surface area contributed by atoms with Crippen LogP contribution in [0, 0.1) is 17.0 Å². The second kappa shape index (κ2) is 8.93. The van der Waals surface area contributed by atoms with E-state index in [1.165, 1.54) is 12.1 Å². The highest BCUT2D eigenvalue weighted by atomic mass is 35.5. The summed E-state index contributed by atoms with van der Waals surface area (Å²) < 4.78 is 12.0. The molecule has 0 N–H and O–H groups in total. The molecule has 3 aromatic carbocycles. The Morgan fingerprint density at radius 3 is 2.65 bits per heavy atom. The van der Waals surface area contributed by atoms with Gasteiger partial charge in [-0.15, -0.1) is 0 Å². The van der Waals surface area contributed by atoms with Gasteiger partial charge in [-0.3, -0.25) is 19.8 Å². The van der Waals surface area contributed by atoms with E-state index in [1.54, 1.807) is 18.2 Å². The maximum Gasteiger partial charge on any atom is 0.269 e. The fourth-order valence-corrected chi connectivity index (χ4v) is 4.49. The fraction of sp³-hybridized carbons (Fsp3) is 0.192. The predicted octanol–water partition coefficient (Wildman–Crippen LogP) is 5.57. The summed E-state index contributed by atoms with van der Waals surface area (Å²) >= 11 is 6.28. The number of benzene rings is 3. The molecular weight excluding hydrogens is 456 g/mol. The second-order valence-corrected chi connectivity index (χ2v) is 8.73. The van der Waals surface area contributed by atoms with Crippen LogP contribution in [0.1, 0.15) is 32.6 Å². The third-order valence-electron chi connectivity index (χ3n) is 6.06. The van der Waals surface area contributed by atoms with Crippen molar-refractivity contribution < 1.29 is 19.2 Å². The summed E-state index contributed by atoms with van der Waals surface area (Å²) in [5, 5.41) is 11.6. The van der Waals surface area contributed by atoms with Gasteiger partial charge in [-0.05, 0) is 54.8 Å². The molecule has 0 amide bonds. The number of ether oxygens (including phenoxy) is 2. The monoisotopic (exact) mass is 476 g/mol. The molecule has 0 fully saturated rings. The van der Waals surface area contributed by atoms with Crippen molar-refractivity contribution in [1.82, 2.24) is 4.90 Å². The number of non-ortho nitro benzene ring substituents is 1. The van der Waals surface area contributed by atoms with Crippen molar-refractivity contribution in [3.05, 3.63) is 103 Å². The van der Waals surface area contributed by atoms with Gasteiger partial charge in [-0.2, -0.15) is 0 Å². The van der Waals surface area contributed by atoms with Crippen molar-refractivity contribution in [2.45, 2.75) is 19.9 Å². The van der Waals surface area contributed by atoms with E-state index in [1.807, 2.05) is 37.3 Å². The topological polar surface area (TPSA) is 81.9 Å². The molecule has 5 rings (SSSR count). The molecule has 0 spiro atoms. The molecule has 3 aromatic rings. The molecule has 0 aliphatic carbocycles. The number of fused-ring (bicyclic) bond motifs is 2. The average Bonchev–Trinajstić information content (AvgIpc) is 3.14. The lowest BCUT2D eigenvalue weighted by Crippen LogP contribution is -2.34. The van der Waals surface area contributed by atoms with Gasteiger partial charge in [0.05, 0.1) is 10.5 Å². The Kier molecular flexibility index (Phi) is 5.81. The van der Waals surface area contributed by atoms with Crippen LogP contribution in [0.3, 0.4) is 0 Å². The minimum atomic E-state index is -0.463. The van der Waals surface area contributed by atoms with Crippen molar-refractivity contribution in [3.63, 3.8) is 0 Å². The molecule has 0 aromatic heterocycles. The molecule has 0 bridgehead atoms. The number of nitro groups is 1. The van der Waals surface area contributed by atoms with Crippen molar-refractivity contribution >= 4 is 29.1 Å². The molecule has 0 atom stereocenters. The number of hydrogen-bond acceptors (Lipinski definition) is 6. The number of nitro benzene ring substituents is 1. The maximum absolute atomic E-state index is 13.1. The Morgan fingerprint density at radius 2 is 1.91 bits per heavy atom. The van der Waals surface area contributed by atoms with Gasteiger partial charge in [0.2, 0.25) is 5.78 Å². The first-order valence-corrected chi connectivity index (χ1v) is 11.2. The van der Waals surface area contributed by atoms with Crippen LogP contribution in [0.4, 0.5) is 5.69 Å². The number of nitrogens with zero attached hydrogens (tertiary/aromatic N) is 2. The van der Waals surface area contributed by atoms with Gasteiger partial charge in [0.15, 0.2) is 5.76 Å². The van der Waals surface area contributed by atoms with E-state index in [-0.39, 0.29) is 17.2 Å². The molecule has 0 unspecified atom stereocenters.